The van der Waals surface area contributed by atoms with Crippen LogP contribution >= 0.6 is 0 Å². The van der Waals surface area contributed by atoms with Gasteiger partial charge in [0.15, 0.2) is 0 Å². The van der Waals surface area contributed by atoms with Crippen molar-refractivity contribution in [2.75, 3.05) is 19.8 Å². The van der Waals surface area contributed by atoms with E-state index in [1.807, 2.05) is 30.3 Å². The molecule has 2 atom stereocenters. The van der Waals surface area contributed by atoms with Crippen molar-refractivity contribution in [3.05, 3.63) is 42.1 Å². The summed E-state index contributed by atoms with van der Waals surface area (Å²) in [7, 11) is 0. The van der Waals surface area contributed by atoms with E-state index in [1.54, 1.807) is 6.20 Å². The Hall–Kier alpha value is -1.49. The van der Waals surface area contributed by atoms with Crippen molar-refractivity contribution < 1.29 is 9.84 Å². The Morgan fingerprint density at radius 2 is 2.20 bits per heavy atom. The van der Waals surface area contributed by atoms with Gasteiger partial charge in [-0.3, -0.25) is 4.98 Å². The lowest BCUT2D eigenvalue weighted by Gasteiger charge is -2.40. The van der Waals surface area contributed by atoms with Crippen LogP contribution in [0.1, 0.15) is 24.5 Å². The third-order valence-electron chi connectivity index (χ3n) is 4.30. The van der Waals surface area contributed by atoms with Gasteiger partial charge in [-0.25, -0.2) is 0 Å². The van der Waals surface area contributed by atoms with Crippen LogP contribution < -0.4 is 5.73 Å². The van der Waals surface area contributed by atoms with Crippen molar-refractivity contribution >= 4 is 10.9 Å². The maximum atomic E-state index is 10.9. The monoisotopic (exact) mass is 272 g/mol. The number of para-hydroxylation sites is 1. The molecule has 1 saturated heterocycles. The second-order valence-corrected chi connectivity index (χ2v) is 5.55. The summed E-state index contributed by atoms with van der Waals surface area (Å²) in [5.41, 5.74) is 7.26. The first-order valence-electron chi connectivity index (χ1n) is 7.06. The number of aliphatic hydroxyl groups excluding tert-OH is 1. The Morgan fingerprint density at radius 1 is 1.35 bits per heavy atom. The highest BCUT2D eigenvalue weighted by Crippen LogP contribution is 2.41. The molecule has 1 aromatic carbocycles. The number of ether oxygens (including phenoxy) is 1. The fourth-order valence-corrected chi connectivity index (χ4v) is 3.04. The molecule has 0 radical (unpaired) electrons. The number of nitrogens with two attached hydrogens (primary N) is 1. The van der Waals surface area contributed by atoms with Gasteiger partial charge in [-0.05, 0) is 18.9 Å². The topological polar surface area (TPSA) is 68.4 Å². The molecule has 0 aliphatic carbocycles. The molecular formula is C16H20N2O2. The summed E-state index contributed by atoms with van der Waals surface area (Å²) in [5.74, 6) is 0. The lowest BCUT2D eigenvalue weighted by molar-refractivity contribution is -0.0777. The van der Waals surface area contributed by atoms with E-state index in [0.717, 1.165) is 35.9 Å². The van der Waals surface area contributed by atoms with Crippen LogP contribution in [0.3, 0.4) is 0 Å². The van der Waals surface area contributed by atoms with Crippen molar-refractivity contribution in [3.63, 3.8) is 0 Å². The molecule has 0 saturated carbocycles. The lowest BCUT2D eigenvalue weighted by Crippen LogP contribution is -2.43. The van der Waals surface area contributed by atoms with Crippen molar-refractivity contribution in [3.8, 4) is 0 Å². The number of aromatic nitrogens is 1. The molecule has 3 rings (SSSR count). The largest absolute Gasteiger partial charge is 0.388 e. The number of benzene rings is 1. The molecule has 4 heteroatoms. The average molecular weight is 272 g/mol. The fourth-order valence-electron chi connectivity index (χ4n) is 3.04. The van der Waals surface area contributed by atoms with Gasteiger partial charge in [-0.2, -0.15) is 0 Å². The smallest absolute Gasteiger partial charge is 0.0901 e. The van der Waals surface area contributed by atoms with Crippen molar-refractivity contribution in [2.45, 2.75) is 18.9 Å². The molecule has 2 unspecified atom stereocenters. The summed E-state index contributed by atoms with van der Waals surface area (Å²) in [6, 6.07) is 9.81. The molecule has 3 N–H and O–H groups in total. The Labute approximate surface area is 118 Å². The van der Waals surface area contributed by atoms with E-state index in [9.17, 15) is 5.11 Å². The number of hydrogen-bond acceptors (Lipinski definition) is 4. The van der Waals surface area contributed by atoms with E-state index < -0.39 is 11.5 Å². The molecule has 1 aliphatic rings. The first kappa shape index (κ1) is 13.5. The van der Waals surface area contributed by atoms with Crippen LogP contribution in [0.15, 0.2) is 36.5 Å². The van der Waals surface area contributed by atoms with E-state index in [1.165, 1.54) is 0 Å². The van der Waals surface area contributed by atoms with Crippen LogP contribution in [0, 0.1) is 5.41 Å². The summed E-state index contributed by atoms with van der Waals surface area (Å²) in [6.45, 7) is 1.67. The normalized spacial score (nSPS) is 24.7. The summed E-state index contributed by atoms with van der Waals surface area (Å²) in [6.07, 6.45) is 2.93. The van der Waals surface area contributed by atoms with Crippen molar-refractivity contribution in [1.82, 2.24) is 4.98 Å². The van der Waals surface area contributed by atoms with Gasteiger partial charge < -0.3 is 15.6 Å². The van der Waals surface area contributed by atoms with E-state index in [-0.39, 0.29) is 0 Å². The van der Waals surface area contributed by atoms with E-state index in [4.69, 9.17) is 10.5 Å². The minimum Gasteiger partial charge on any atom is -0.388 e. The number of nitrogens with zero attached hydrogens (tertiary/aromatic N) is 1. The SMILES string of the molecule is NCC1(C(O)c2cccc3cccnc23)CCCOC1. The van der Waals surface area contributed by atoms with Crippen molar-refractivity contribution in [1.29, 1.82) is 0 Å². The Bertz CT molecular complexity index is 589. The lowest BCUT2D eigenvalue weighted by atomic mass is 9.74. The predicted molar refractivity (Wildman–Crippen MR) is 78.2 cm³/mol. The molecule has 0 bridgehead atoms. The second-order valence-electron chi connectivity index (χ2n) is 5.55. The van der Waals surface area contributed by atoms with Gasteiger partial charge in [-0.1, -0.05) is 24.3 Å². The zero-order chi connectivity index (χ0) is 14.0. The van der Waals surface area contributed by atoms with E-state index >= 15 is 0 Å². The molecule has 0 amide bonds. The standard InChI is InChI=1S/C16H20N2O2/c17-10-16(7-3-9-20-11-16)15(19)13-6-1-4-12-5-2-8-18-14(12)13/h1-2,4-6,8,15,19H,3,7,9-11,17H2. The minimum absolute atomic E-state index is 0.399. The van der Waals surface area contributed by atoms with Crippen LogP contribution in [0.2, 0.25) is 0 Å². The predicted octanol–water partition coefficient (Wildman–Crippen LogP) is 2.02. The molecule has 1 fully saturated rings. The van der Waals surface area contributed by atoms with Crippen LogP contribution in [0.25, 0.3) is 10.9 Å². The average Bonchev–Trinajstić information content (AvgIpc) is 2.54. The molecule has 2 aromatic rings. The molecule has 20 heavy (non-hydrogen) atoms. The fraction of sp³-hybridized carbons (Fsp3) is 0.438. The number of hydrogen-bond donors (Lipinski definition) is 2. The van der Waals surface area contributed by atoms with Gasteiger partial charge in [-0.15, -0.1) is 0 Å². The number of aliphatic hydroxyl groups is 1. The van der Waals surface area contributed by atoms with Crippen molar-refractivity contribution in [2.24, 2.45) is 11.1 Å². The van der Waals surface area contributed by atoms with E-state index in [0.29, 0.717) is 13.2 Å². The molecule has 0 spiro atoms. The Morgan fingerprint density at radius 3 is 2.95 bits per heavy atom. The van der Waals surface area contributed by atoms with Gasteiger partial charge >= 0.3 is 0 Å². The molecule has 1 aliphatic heterocycles. The maximum absolute atomic E-state index is 10.9. The highest BCUT2D eigenvalue weighted by Gasteiger charge is 2.40. The summed E-state index contributed by atoms with van der Waals surface area (Å²) in [4.78, 5) is 4.42. The summed E-state index contributed by atoms with van der Waals surface area (Å²) < 4.78 is 5.57. The first-order chi connectivity index (χ1) is 9.77. The maximum Gasteiger partial charge on any atom is 0.0901 e. The van der Waals surface area contributed by atoms with Gasteiger partial charge in [0.05, 0.1) is 18.2 Å². The Kier molecular flexibility index (Phi) is 3.70. The molecule has 4 nitrogen and oxygen atoms in total. The molecule has 1 aromatic heterocycles. The van der Waals surface area contributed by atoms with Gasteiger partial charge in [0.25, 0.3) is 0 Å². The quantitative estimate of drug-likeness (QED) is 0.897. The third kappa shape index (κ3) is 2.20. The van der Waals surface area contributed by atoms with Gasteiger partial charge in [0.1, 0.15) is 0 Å². The van der Waals surface area contributed by atoms with E-state index in [2.05, 4.69) is 4.98 Å². The molecular weight excluding hydrogens is 252 g/mol. The Balaban J connectivity index is 2.05. The molecule has 106 valence electrons. The van der Waals surface area contributed by atoms with Gasteiger partial charge in [0, 0.05) is 35.7 Å². The van der Waals surface area contributed by atoms with Crippen LogP contribution in [0.4, 0.5) is 0 Å². The van der Waals surface area contributed by atoms with Crippen LogP contribution in [0.5, 0.6) is 0 Å². The zero-order valence-corrected chi connectivity index (χ0v) is 11.5. The first-order valence-corrected chi connectivity index (χ1v) is 7.06. The van der Waals surface area contributed by atoms with Crippen LogP contribution in [-0.4, -0.2) is 29.8 Å². The van der Waals surface area contributed by atoms with Gasteiger partial charge in [0.2, 0.25) is 0 Å². The zero-order valence-electron chi connectivity index (χ0n) is 11.5. The number of fused-ring (bicyclic) bond motifs is 1. The highest BCUT2D eigenvalue weighted by molar-refractivity contribution is 5.81. The minimum atomic E-state index is -0.647. The summed E-state index contributed by atoms with van der Waals surface area (Å²) in [5, 5.41) is 11.9. The highest BCUT2D eigenvalue weighted by atomic mass is 16.5. The number of pyridine rings is 1. The third-order valence-corrected chi connectivity index (χ3v) is 4.30. The molecule has 2 heterocycles. The second kappa shape index (κ2) is 5.48. The summed E-state index contributed by atoms with van der Waals surface area (Å²) >= 11 is 0. The number of rotatable bonds is 3. The van der Waals surface area contributed by atoms with Crippen LogP contribution in [-0.2, 0) is 4.74 Å².